The van der Waals surface area contributed by atoms with E-state index in [2.05, 4.69) is 10.3 Å². The van der Waals surface area contributed by atoms with Gasteiger partial charge >= 0.3 is 0 Å². The second-order valence-electron chi connectivity index (χ2n) is 4.25. The maximum atomic E-state index is 13.8. The minimum absolute atomic E-state index is 0.0826. The maximum Gasteiger partial charge on any atom is 0.254 e. The van der Waals surface area contributed by atoms with Gasteiger partial charge in [-0.1, -0.05) is 0 Å². The van der Waals surface area contributed by atoms with Crippen molar-refractivity contribution in [3.8, 4) is 0 Å². The van der Waals surface area contributed by atoms with Crippen LogP contribution >= 0.6 is 0 Å². The molecule has 1 heterocycles. The van der Waals surface area contributed by atoms with E-state index in [9.17, 15) is 9.18 Å². The Hall–Kier alpha value is -2.37. The Labute approximate surface area is 109 Å². The van der Waals surface area contributed by atoms with Gasteiger partial charge in [-0.15, -0.1) is 0 Å². The molecule has 0 atom stereocenters. The summed E-state index contributed by atoms with van der Waals surface area (Å²) in [4.78, 5) is 15.8. The molecule has 1 aromatic carbocycles. The van der Waals surface area contributed by atoms with Gasteiger partial charge < -0.3 is 15.5 Å². The molecule has 0 saturated carbocycles. The summed E-state index contributed by atoms with van der Waals surface area (Å²) >= 11 is 0. The van der Waals surface area contributed by atoms with Crippen LogP contribution in [0.15, 0.2) is 22.7 Å². The lowest BCUT2D eigenvalue weighted by Crippen LogP contribution is -2.24. The highest BCUT2D eigenvalue weighted by Crippen LogP contribution is 2.17. The number of nitrogens with zero attached hydrogens (tertiary/aromatic N) is 1. The first-order valence-corrected chi connectivity index (χ1v) is 5.72. The number of halogens is 1. The third-order valence-electron chi connectivity index (χ3n) is 2.59. The number of carbonyl (C=O) groups excluding carboxylic acids is 1. The fourth-order valence-corrected chi connectivity index (χ4v) is 1.70. The molecule has 0 spiro atoms. The SMILES string of the molecule is Cc1cnc(CNC(=O)c2cc(N)cc(C)c2F)o1. The Bertz CT molecular complexity index is 622. The van der Waals surface area contributed by atoms with Crippen LogP contribution in [-0.4, -0.2) is 10.9 Å². The summed E-state index contributed by atoms with van der Waals surface area (Å²) in [5.74, 6) is -0.110. The number of nitrogens with one attached hydrogen (secondary N) is 1. The molecule has 5 nitrogen and oxygen atoms in total. The number of rotatable bonds is 3. The van der Waals surface area contributed by atoms with E-state index < -0.39 is 11.7 Å². The highest BCUT2D eigenvalue weighted by atomic mass is 19.1. The predicted octanol–water partition coefficient (Wildman–Crippen LogP) is 1.94. The van der Waals surface area contributed by atoms with Gasteiger partial charge in [0.05, 0.1) is 18.3 Å². The summed E-state index contributed by atoms with van der Waals surface area (Å²) < 4.78 is 19.0. The van der Waals surface area contributed by atoms with Crippen molar-refractivity contribution in [3.05, 3.63) is 46.9 Å². The zero-order valence-corrected chi connectivity index (χ0v) is 10.7. The molecule has 3 N–H and O–H groups in total. The van der Waals surface area contributed by atoms with E-state index in [1.807, 2.05) is 0 Å². The van der Waals surface area contributed by atoms with Gasteiger partial charge in [0.15, 0.2) is 0 Å². The quantitative estimate of drug-likeness (QED) is 0.829. The number of nitrogens with two attached hydrogens (primary N) is 1. The van der Waals surface area contributed by atoms with Crippen LogP contribution in [0.25, 0.3) is 0 Å². The molecular weight excluding hydrogens is 249 g/mol. The Morgan fingerprint density at radius 2 is 2.21 bits per heavy atom. The van der Waals surface area contributed by atoms with Gasteiger partial charge in [-0.2, -0.15) is 0 Å². The number of hydrogen-bond donors (Lipinski definition) is 2. The molecule has 0 bridgehead atoms. The number of carbonyl (C=O) groups is 1. The molecule has 0 fully saturated rings. The first kappa shape index (κ1) is 13.1. The van der Waals surface area contributed by atoms with Crippen LogP contribution < -0.4 is 11.1 Å². The predicted molar refractivity (Wildman–Crippen MR) is 68.0 cm³/mol. The second-order valence-corrected chi connectivity index (χ2v) is 4.25. The van der Waals surface area contributed by atoms with E-state index in [1.165, 1.54) is 12.1 Å². The van der Waals surface area contributed by atoms with Crippen molar-refractivity contribution < 1.29 is 13.6 Å². The monoisotopic (exact) mass is 263 g/mol. The molecule has 0 saturated heterocycles. The summed E-state index contributed by atoms with van der Waals surface area (Å²) in [5.41, 5.74) is 6.19. The standard InChI is InChI=1S/C13H14FN3O2/c1-7-3-9(15)4-10(12(7)14)13(18)17-6-11-16-5-8(2)19-11/h3-5H,6,15H2,1-2H3,(H,17,18). The van der Waals surface area contributed by atoms with Crippen molar-refractivity contribution >= 4 is 11.6 Å². The van der Waals surface area contributed by atoms with Gasteiger partial charge in [0, 0.05) is 5.69 Å². The van der Waals surface area contributed by atoms with E-state index in [0.29, 0.717) is 22.9 Å². The lowest BCUT2D eigenvalue weighted by Gasteiger charge is -2.07. The highest BCUT2D eigenvalue weighted by molar-refractivity contribution is 5.95. The molecule has 0 radical (unpaired) electrons. The van der Waals surface area contributed by atoms with Crippen LogP contribution in [-0.2, 0) is 6.54 Å². The first-order valence-electron chi connectivity index (χ1n) is 5.72. The van der Waals surface area contributed by atoms with Crippen LogP contribution in [0.2, 0.25) is 0 Å². The molecule has 19 heavy (non-hydrogen) atoms. The molecule has 0 aliphatic heterocycles. The smallest absolute Gasteiger partial charge is 0.254 e. The third kappa shape index (κ3) is 2.90. The number of aromatic nitrogens is 1. The number of aryl methyl sites for hydroxylation is 2. The van der Waals surface area contributed by atoms with E-state index in [0.717, 1.165) is 0 Å². The maximum absolute atomic E-state index is 13.8. The van der Waals surface area contributed by atoms with E-state index in [1.54, 1.807) is 20.0 Å². The van der Waals surface area contributed by atoms with Gasteiger partial charge in [0.1, 0.15) is 11.6 Å². The van der Waals surface area contributed by atoms with Crippen LogP contribution in [0.1, 0.15) is 27.6 Å². The lowest BCUT2D eigenvalue weighted by atomic mass is 10.1. The molecule has 1 aromatic heterocycles. The van der Waals surface area contributed by atoms with Crippen molar-refractivity contribution in [1.82, 2.24) is 10.3 Å². The van der Waals surface area contributed by atoms with E-state index in [-0.39, 0.29) is 12.1 Å². The number of benzene rings is 1. The average molecular weight is 263 g/mol. The number of oxazole rings is 1. The number of anilines is 1. The Morgan fingerprint density at radius 1 is 1.47 bits per heavy atom. The average Bonchev–Trinajstić information content (AvgIpc) is 2.76. The fraction of sp³-hybridized carbons (Fsp3) is 0.231. The van der Waals surface area contributed by atoms with Crippen molar-refractivity contribution in [2.75, 3.05) is 5.73 Å². The lowest BCUT2D eigenvalue weighted by molar-refractivity contribution is 0.0943. The van der Waals surface area contributed by atoms with Crippen LogP contribution in [0.3, 0.4) is 0 Å². The molecule has 1 amide bonds. The Balaban J connectivity index is 2.12. The minimum atomic E-state index is -0.574. The van der Waals surface area contributed by atoms with Crippen LogP contribution in [0, 0.1) is 19.7 Å². The summed E-state index contributed by atoms with van der Waals surface area (Å²) in [6, 6.07) is 2.78. The molecule has 2 aromatic rings. The first-order chi connectivity index (χ1) is 8.97. The van der Waals surface area contributed by atoms with E-state index in [4.69, 9.17) is 10.2 Å². The normalized spacial score (nSPS) is 10.5. The van der Waals surface area contributed by atoms with Crippen molar-refractivity contribution in [1.29, 1.82) is 0 Å². The van der Waals surface area contributed by atoms with Gasteiger partial charge in [0.25, 0.3) is 5.91 Å². The number of nitrogen functional groups attached to an aromatic ring is 1. The van der Waals surface area contributed by atoms with E-state index >= 15 is 0 Å². The Morgan fingerprint density at radius 3 is 2.84 bits per heavy atom. The molecule has 6 heteroatoms. The van der Waals surface area contributed by atoms with Gasteiger partial charge in [-0.25, -0.2) is 9.37 Å². The molecular formula is C13H14FN3O2. The number of amides is 1. The molecule has 2 rings (SSSR count). The van der Waals surface area contributed by atoms with Crippen molar-refractivity contribution in [2.45, 2.75) is 20.4 Å². The van der Waals surface area contributed by atoms with Gasteiger partial charge in [0.2, 0.25) is 5.89 Å². The second kappa shape index (κ2) is 5.09. The molecule has 100 valence electrons. The highest BCUT2D eigenvalue weighted by Gasteiger charge is 2.15. The zero-order valence-electron chi connectivity index (χ0n) is 10.7. The summed E-state index contributed by atoms with van der Waals surface area (Å²) in [5, 5.41) is 2.53. The Kier molecular flexibility index (Phi) is 3.50. The largest absolute Gasteiger partial charge is 0.444 e. The number of hydrogen-bond acceptors (Lipinski definition) is 4. The van der Waals surface area contributed by atoms with Gasteiger partial charge in [-0.05, 0) is 31.5 Å². The third-order valence-corrected chi connectivity index (χ3v) is 2.59. The topological polar surface area (TPSA) is 81.2 Å². The molecule has 0 aliphatic rings. The van der Waals surface area contributed by atoms with Crippen LogP contribution in [0.4, 0.5) is 10.1 Å². The summed E-state index contributed by atoms with van der Waals surface area (Å²) in [6.45, 7) is 3.40. The zero-order chi connectivity index (χ0) is 14.0. The molecule has 0 unspecified atom stereocenters. The van der Waals surface area contributed by atoms with Crippen molar-refractivity contribution in [2.24, 2.45) is 0 Å². The fourth-order valence-electron chi connectivity index (χ4n) is 1.70. The van der Waals surface area contributed by atoms with Gasteiger partial charge in [-0.3, -0.25) is 4.79 Å². The van der Waals surface area contributed by atoms with Crippen LogP contribution in [0.5, 0.6) is 0 Å². The minimum Gasteiger partial charge on any atom is -0.444 e. The summed E-state index contributed by atoms with van der Waals surface area (Å²) in [6.07, 6.45) is 1.55. The molecule has 0 aliphatic carbocycles. The summed E-state index contributed by atoms with van der Waals surface area (Å²) in [7, 11) is 0. The van der Waals surface area contributed by atoms with Crippen molar-refractivity contribution in [3.63, 3.8) is 0 Å².